The van der Waals surface area contributed by atoms with Crippen molar-refractivity contribution < 1.29 is 13.3 Å². The van der Waals surface area contributed by atoms with Gasteiger partial charge in [0.15, 0.2) is 5.96 Å². The summed E-state index contributed by atoms with van der Waals surface area (Å²) in [7, 11) is 3.27. The third-order valence-electron chi connectivity index (χ3n) is 1.88. The maximum absolute atomic E-state index is 12.0. The van der Waals surface area contributed by atoms with Crippen LogP contribution in [0.2, 0.25) is 0 Å². The van der Waals surface area contributed by atoms with E-state index in [1.165, 1.54) is 13.3 Å². The molecule has 1 aromatic rings. The van der Waals surface area contributed by atoms with E-state index >= 15 is 0 Å². The second-order valence-electron chi connectivity index (χ2n) is 3.17. The Balaban J connectivity index is 2.47. The van der Waals surface area contributed by atoms with Gasteiger partial charge in [0, 0.05) is 20.2 Å². The first-order valence-electron chi connectivity index (χ1n) is 4.72. The highest BCUT2D eigenvalue weighted by atomic mass is 19.3. The predicted octanol–water partition coefficient (Wildman–Crippen LogP) is 0.947. The number of rotatable bonds is 4. The topological polar surface area (TPSA) is 53.7 Å². The Kier molecular flexibility index (Phi) is 4.68. The van der Waals surface area contributed by atoms with E-state index in [1.807, 2.05) is 0 Å². The average Bonchev–Trinajstić information content (AvgIpc) is 2.71. The second kappa shape index (κ2) is 6.04. The molecule has 0 saturated carbocycles. The van der Waals surface area contributed by atoms with Crippen LogP contribution in [-0.4, -0.2) is 43.1 Å². The highest BCUT2D eigenvalue weighted by molar-refractivity contribution is 5.79. The molecule has 0 amide bonds. The first-order valence-corrected chi connectivity index (χ1v) is 4.72. The minimum Gasteiger partial charge on any atom is -0.364 e. The summed E-state index contributed by atoms with van der Waals surface area (Å²) in [5.74, 6) is 0.392. The zero-order valence-corrected chi connectivity index (χ0v) is 9.15. The number of halogens is 2. The molecular formula is C9H14F2N4O. The molecular weight excluding hydrogens is 218 g/mol. The van der Waals surface area contributed by atoms with Gasteiger partial charge in [-0.3, -0.25) is 4.99 Å². The summed E-state index contributed by atoms with van der Waals surface area (Å²) < 4.78 is 28.7. The summed E-state index contributed by atoms with van der Waals surface area (Å²) in [5.41, 5.74) is 0.711. The van der Waals surface area contributed by atoms with Gasteiger partial charge in [-0.15, -0.1) is 0 Å². The molecule has 1 aromatic heterocycles. The van der Waals surface area contributed by atoms with Crippen LogP contribution >= 0.6 is 0 Å². The number of guanidine groups is 1. The zero-order valence-electron chi connectivity index (χ0n) is 9.15. The Hall–Kier alpha value is -1.66. The first-order chi connectivity index (χ1) is 7.63. The minimum absolute atomic E-state index is 0.392. The summed E-state index contributed by atoms with van der Waals surface area (Å²) in [5, 5.41) is 6.27. The lowest BCUT2D eigenvalue weighted by molar-refractivity contribution is 0.151. The summed E-state index contributed by atoms with van der Waals surface area (Å²) in [4.78, 5) is 5.56. The fraction of sp³-hybridized carbons (Fsp3) is 0.556. The number of hydrogen-bond donors (Lipinski definition) is 1. The van der Waals surface area contributed by atoms with Gasteiger partial charge in [0.05, 0.1) is 13.1 Å². The molecule has 7 heteroatoms. The number of nitrogens with zero attached hydrogens (tertiary/aromatic N) is 3. The number of alkyl halides is 2. The number of aliphatic imine (C=N–C) groups is 1. The average molecular weight is 232 g/mol. The fourth-order valence-electron chi connectivity index (χ4n) is 1.19. The van der Waals surface area contributed by atoms with Crippen molar-refractivity contribution in [3.8, 4) is 0 Å². The van der Waals surface area contributed by atoms with Gasteiger partial charge >= 0.3 is 0 Å². The van der Waals surface area contributed by atoms with Crippen LogP contribution in [0, 0.1) is 0 Å². The van der Waals surface area contributed by atoms with Gasteiger partial charge in [0.1, 0.15) is 12.0 Å². The van der Waals surface area contributed by atoms with Crippen molar-refractivity contribution in [2.45, 2.75) is 13.0 Å². The SMILES string of the molecule is CN=C(NCC(F)F)N(C)Cc1ccon1. The van der Waals surface area contributed by atoms with E-state index in [4.69, 9.17) is 0 Å². The largest absolute Gasteiger partial charge is 0.364 e. The van der Waals surface area contributed by atoms with Crippen molar-refractivity contribution >= 4 is 5.96 Å². The Bertz CT molecular complexity index is 326. The van der Waals surface area contributed by atoms with Crippen LogP contribution in [0.3, 0.4) is 0 Å². The van der Waals surface area contributed by atoms with Crippen LogP contribution in [0.1, 0.15) is 5.69 Å². The van der Waals surface area contributed by atoms with Gasteiger partial charge in [-0.1, -0.05) is 5.16 Å². The van der Waals surface area contributed by atoms with E-state index in [-0.39, 0.29) is 0 Å². The van der Waals surface area contributed by atoms with E-state index in [1.54, 1.807) is 18.0 Å². The molecule has 0 aliphatic rings. The molecule has 0 unspecified atom stereocenters. The van der Waals surface area contributed by atoms with Gasteiger partial charge in [-0.25, -0.2) is 8.78 Å². The maximum atomic E-state index is 12.0. The van der Waals surface area contributed by atoms with Crippen LogP contribution in [0.4, 0.5) is 8.78 Å². The Morgan fingerprint density at radius 3 is 2.94 bits per heavy atom. The summed E-state index contributed by atoms with van der Waals surface area (Å²) in [6.45, 7) is 0.0231. The van der Waals surface area contributed by atoms with E-state index in [0.717, 1.165) is 0 Å². The Morgan fingerprint density at radius 2 is 2.44 bits per heavy atom. The molecule has 0 atom stereocenters. The van der Waals surface area contributed by atoms with Crippen molar-refractivity contribution in [1.29, 1.82) is 0 Å². The molecule has 5 nitrogen and oxygen atoms in total. The lowest BCUT2D eigenvalue weighted by Crippen LogP contribution is -2.40. The smallest absolute Gasteiger partial charge is 0.255 e. The molecule has 0 radical (unpaired) electrons. The predicted molar refractivity (Wildman–Crippen MR) is 55.3 cm³/mol. The van der Waals surface area contributed by atoms with Crippen LogP contribution in [0.5, 0.6) is 0 Å². The number of aromatic nitrogens is 1. The molecule has 1 rings (SSSR count). The van der Waals surface area contributed by atoms with Crippen LogP contribution in [0.25, 0.3) is 0 Å². The van der Waals surface area contributed by atoms with Crippen LogP contribution in [-0.2, 0) is 6.54 Å². The number of hydrogen-bond acceptors (Lipinski definition) is 3. The summed E-state index contributed by atoms with van der Waals surface area (Å²) in [6.07, 6.45) is -0.949. The standard InChI is InChI=1S/C9H14F2N4O/c1-12-9(13-5-8(10)11)15(2)6-7-3-4-16-14-7/h3-4,8H,5-6H2,1-2H3,(H,12,13). The van der Waals surface area contributed by atoms with Gasteiger partial charge in [0.25, 0.3) is 6.43 Å². The highest BCUT2D eigenvalue weighted by Crippen LogP contribution is 2.00. The molecule has 0 aromatic carbocycles. The van der Waals surface area contributed by atoms with Crippen molar-refractivity contribution in [2.24, 2.45) is 4.99 Å². The van der Waals surface area contributed by atoms with E-state index in [9.17, 15) is 8.78 Å². The molecule has 0 fully saturated rings. The molecule has 0 bridgehead atoms. The van der Waals surface area contributed by atoms with Crippen molar-refractivity contribution in [2.75, 3.05) is 20.6 Å². The fourth-order valence-corrected chi connectivity index (χ4v) is 1.19. The first kappa shape index (κ1) is 12.4. The van der Waals surface area contributed by atoms with Crippen LogP contribution in [0.15, 0.2) is 21.8 Å². The molecule has 0 aliphatic carbocycles. The maximum Gasteiger partial charge on any atom is 0.255 e. The second-order valence-corrected chi connectivity index (χ2v) is 3.17. The van der Waals surface area contributed by atoms with Gasteiger partial charge < -0.3 is 14.7 Å². The molecule has 0 saturated heterocycles. The van der Waals surface area contributed by atoms with Crippen molar-refractivity contribution in [1.82, 2.24) is 15.4 Å². The quantitative estimate of drug-likeness (QED) is 0.620. The van der Waals surface area contributed by atoms with E-state index in [2.05, 4.69) is 20.0 Å². The monoisotopic (exact) mass is 232 g/mol. The Morgan fingerprint density at radius 1 is 1.69 bits per heavy atom. The van der Waals surface area contributed by atoms with Crippen molar-refractivity contribution in [3.05, 3.63) is 18.0 Å². The lowest BCUT2D eigenvalue weighted by Gasteiger charge is -2.20. The third-order valence-corrected chi connectivity index (χ3v) is 1.88. The number of nitrogens with one attached hydrogen (secondary N) is 1. The molecule has 1 heterocycles. The highest BCUT2D eigenvalue weighted by Gasteiger charge is 2.10. The van der Waals surface area contributed by atoms with Gasteiger partial charge in [-0.2, -0.15) is 0 Å². The van der Waals surface area contributed by atoms with Crippen LogP contribution < -0.4 is 5.32 Å². The van der Waals surface area contributed by atoms with E-state index < -0.39 is 13.0 Å². The van der Waals surface area contributed by atoms with Gasteiger partial charge in [0.2, 0.25) is 0 Å². The minimum atomic E-state index is -2.41. The molecule has 1 N–H and O–H groups in total. The molecule has 0 spiro atoms. The zero-order chi connectivity index (χ0) is 12.0. The molecule has 0 aliphatic heterocycles. The van der Waals surface area contributed by atoms with Crippen molar-refractivity contribution in [3.63, 3.8) is 0 Å². The molecule has 16 heavy (non-hydrogen) atoms. The third kappa shape index (κ3) is 3.84. The normalized spacial score (nSPS) is 11.9. The lowest BCUT2D eigenvalue weighted by atomic mass is 10.4. The molecule has 90 valence electrons. The Labute approximate surface area is 92.1 Å². The van der Waals surface area contributed by atoms with E-state index in [0.29, 0.717) is 18.2 Å². The summed E-state index contributed by atoms with van der Waals surface area (Å²) in [6, 6.07) is 1.71. The summed E-state index contributed by atoms with van der Waals surface area (Å²) >= 11 is 0. The van der Waals surface area contributed by atoms with Gasteiger partial charge in [-0.05, 0) is 0 Å².